The van der Waals surface area contributed by atoms with E-state index in [1.54, 1.807) is 0 Å². The third-order valence-corrected chi connectivity index (χ3v) is 4.04. The molecule has 2 aromatic rings. The van der Waals surface area contributed by atoms with Gasteiger partial charge in [-0.2, -0.15) is 5.10 Å². The molecule has 6 nitrogen and oxygen atoms in total. The lowest BCUT2D eigenvalue weighted by Crippen LogP contribution is -2.37. The van der Waals surface area contributed by atoms with Crippen molar-refractivity contribution >= 4 is 17.5 Å². The molecule has 26 heavy (non-hydrogen) atoms. The number of benzene rings is 1. The summed E-state index contributed by atoms with van der Waals surface area (Å²) in [5, 5.41) is 10.3. The topological polar surface area (TPSA) is 76.0 Å². The predicted molar refractivity (Wildman–Crippen MR) is 103 cm³/mol. The molecule has 0 fully saturated rings. The number of carbonyl (C=O) groups excluding carboxylic acids is 2. The minimum Gasteiger partial charge on any atom is -0.351 e. The largest absolute Gasteiger partial charge is 0.351 e. The van der Waals surface area contributed by atoms with E-state index < -0.39 is 0 Å². The van der Waals surface area contributed by atoms with Crippen LogP contribution in [0.2, 0.25) is 0 Å². The summed E-state index contributed by atoms with van der Waals surface area (Å²) < 4.78 is 1.91. The monoisotopic (exact) mass is 356 g/mol. The van der Waals surface area contributed by atoms with Gasteiger partial charge in [0.05, 0.1) is 18.7 Å². The minimum atomic E-state index is -0.0261. The van der Waals surface area contributed by atoms with Crippen LogP contribution in [0.25, 0.3) is 0 Å². The van der Waals surface area contributed by atoms with Crippen molar-refractivity contribution in [1.29, 1.82) is 0 Å². The van der Waals surface area contributed by atoms with Crippen molar-refractivity contribution in [3.05, 3.63) is 47.3 Å². The summed E-state index contributed by atoms with van der Waals surface area (Å²) in [4.78, 5) is 23.8. The van der Waals surface area contributed by atoms with E-state index >= 15 is 0 Å². The molecule has 0 unspecified atom stereocenters. The Morgan fingerprint density at radius 1 is 1.15 bits per heavy atom. The van der Waals surface area contributed by atoms with Gasteiger partial charge >= 0.3 is 0 Å². The first-order valence-electron chi connectivity index (χ1n) is 9.06. The van der Waals surface area contributed by atoms with Crippen molar-refractivity contribution < 1.29 is 9.59 Å². The zero-order valence-corrected chi connectivity index (χ0v) is 16.0. The van der Waals surface area contributed by atoms with Crippen molar-refractivity contribution in [2.75, 3.05) is 5.32 Å². The van der Waals surface area contributed by atoms with Crippen LogP contribution in [0.1, 0.15) is 43.6 Å². The number of hydrogen-bond donors (Lipinski definition) is 2. The van der Waals surface area contributed by atoms with Crippen molar-refractivity contribution in [2.45, 2.75) is 59.5 Å². The molecule has 1 aromatic heterocycles. The Morgan fingerprint density at radius 3 is 2.42 bits per heavy atom. The van der Waals surface area contributed by atoms with Gasteiger partial charge in [-0.1, -0.05) is 19.1 Å². The summed E-state index contributed by atoms with van der Waals surface area (Å²) >= 11 is 0. The third-order valence-electron chi connectivity index (χ3n) is 4.04. The fraction of sp³-hybridized carbons (Fsp3) is 0.450. The van der Waals surface area contributed by atoms with Gasteiger partial charge in [-0.15, -0.1) is 0 Å². The molecule has 1 aromatic carbocycles. The van der Waals surface area contributed by atoms with Gasteiger partial charge in [-0.3, -0.25) is 14.3 Å². The van der Waals surface area contributed by atoms with E-state index in [4.69, 9.17) is 0 Å². The lowest BCUT2D eigenvalue weighted by molar-refractivity contribution is -0.121. The van der Waals surface area contributed by atoms with Gasteiger partial charge in [0.25, 0.3) is 0 Å². The average molecular weight is 356 g/mol. The molecule has 140 valence electrons. The lowest BCUT2D eigenvalue weighted by atomic mass is 10.1. The molecule has 0 bridgehead atoms. The van der Waals surface area contributed by atoms with Crippen LogP contribution in [0, 0.1) is 13.8 Å². The van der Waals surface area contributed by atoms with Gasteiger partial charge in [0, 0.05) is 23.8 Å². The highest BCUT2D eigenvalue weighted by atomic mass is 16.2. The SMILES string of the molecule is CCCC(=O)Nc1ccc(CC(=O)N[C@H](C)Cn2nc(C)cc2C)cc1. The zero-order valence-electron chi connectivity index (χ0n) is 16.0. The van der Waals surface area contributed by atoms with E-state index in [-0.39, 0.29) is 17.9 Å². The normalized spacial score (nSPS) is 11.8. The number of amides is 2. The maximum absolute atomic E-state index is 12.2. The second-order valence-corrected chi connectivity index (χ2v) is 6.75. The van der Waals surface area contributed by atoms with Gasteiger partial charge in [0.1, 0.15) is 0 Å². The summed E-state index contributed by atoms with van der Waals surface area (Å²) in [5.41, 5.74) is 3.73. The Hall–Kier alpha value is -2.63. The molecule has 0 aliphatic rings. The number of aryl methyl sites for hydroxylation is 2. The smallest absolute Gasteiger partial charge is 0.224 e. The molecule has 0 spiro atoms. The summed E-state index contributed by atoms with van der Waals surface area (Å²) in [6.07, 6.45) is 1.64. The van der Waals surface area contributed by atoms with E-state index in [0.717, 1.165) is 29.1 Å². The van der Waals surface area contributed by atoms with E-state index in [2.05, 4.69) is 15.7 Å². The lowest BCUT2D eigenvalue weighted by Gasteiger charge is -2.15. The molecule has 1 atom stereocenters. The van der Waals surface area contributed by atoms with Crippen molar-refractivity contribution in [3.63, 3.8) is 0 Å². The Balaban J connectivity index is 1.83. The minimum absolute atomic E-state index is 0.00638. The number of hydrogen-bond acceptors (Lipinski definition) is 3. The Labute approximate surface area is 155 Å². The number of anilines is 1. The molecule has 1 heterocycles. The van der Waals surface area contributed by atoms with E-state index in [9.17, 15) is 9.59 Å². The second-order valence-electron chi connectivity index (χ2n) is 6.75. The van der Waals surface area contributed by atoms with Gasteiger partial charge < -0.3 is 10.6 Å². The van der Waals surface area contributed by atoms with Gasteiger partial charge in [0.2, 0.25) is 11.8 Å². The molecule has 2 rings (SSSR count). The fourth-order valence-electron chi connectivity index (χ4n) is 2.83. The van der Waals surface area contributed by atoms with Crippen LogP contribution >= 0.6 is 0 Å². The Kier molecular flexibility index (Phi) is 6.95. The highest BCUT2D eigenvalue weighted by molar-refractivity contribution is 5.90. The summed E-state index contributed by atoms with van der Waals surface area (Å²) in [6.45, 7) is 8.56. The van der Waals surface area contributed by atoms with E-state index in [1.165, 1.54) is 0 Å². The number of rotatable bonds is 8. The zero-order chi connectivity index (χ0) is 19.1. The molecule has 2 amide bonds. The molecule has 0 saturated heterocycles. The Morgan fingerprint density at radius 2 is 1.85 bits per heavy atom. The molecule has 2 N–H and O–H groups in total. The molecule has 0 aliphatic carbocycles. The predicted octanol–water partition coefficient (Wildman–Crippen LogP) is 2.99. The summed E-state index contributed by atoms with van der Waals surface area (Å²) in [6, 6.07) is 9.41. The molecule has 0 aliphatic heterocycles. The van der Waals surface area contributed by atoms with E-state index in [0.29, 0.717) is 19.4 Å². The van der Waals surface area contributed by atoms with Crippen LogP contribution in [-0.2, 0) is 22.6 Å². The quantitative estimate of drug-likeness (QED) is 0.763. The van der Waals surface area contributed by atoms with Crippen LogP contribution < -0.4 is 10.6 Å². The van der Waals surface area contributed by atoms with Crippen LogP contribution in [0.15, 0.2) is 30.3 Å². The van der Waals surface area contributed by atoms with Crippen molar-refractivity contribution in [3.8, 4) is 0 Å². The Bertz CT molecular complexity index is 750. The van der Waals surface area contributed by atoms with Crippen LogP contribution in [0.4, 0.5) is 5.69 Å². The molecule has 0 radical (unpaired) electrons. The fourth-order valence-corrected chi connectivity index (χ4v) is 2.83. The van der Waals surface area contributed by atoms with Crippen molar-refractivity contribution in [1.82, 2.24) is 15.1 Å². The standard InChI is InChI=1S/C20H28N4O2/c1-5-6-19(25)22-18-9-7-17(8-10-18)12-20(26)21-15(3)13-24-16(4)11-14(2)23-24/h7-11,15H,5-6,12-13H2,1-4H3,(H,21,26)(H,22,25)/t15-/m1/s1. The maximum atomic E-state index is 12.2. The second kappa shape index (κ2) is 9.17. The van der Waals surface area contributed by atoms with E-state index in [1.807, 2.05) is 62.7 Å². The highest BCUT2D eigenvalue weighted by Crippen LogP contribution is 2.11. The molecule has 0 saturated carbocycles. The third kappa shape index (κ3) is 6.02. The van der Waals surface area contributed by atoms with Gasteiger partial charge in [0.15, 0.2) is 0 Å². The number of nitrogens with one attached hydrogen (secondary N) is 2. The molecule has 6 heteroatoms. The first-order chi connectivity index (χ1) is 12.4. The summed E-state index contributed by atoms with van der Waals surface area (Å²) in [5.74, 6) is -0.0160. The summed E-state index contributed by atoms with van der Waals surface area (Å²) in [7, 11) is 0. The average Bonchev–Trinajstić information content (AvgIpc) is 2.86. The maximum Gasteiger partial charge on any atom is 0.224 e. The van der Waals surface area contributed by atoms with Crippen molar-refractivity contribution in [2.24, 2.45) is 0 Å². The number of nitrogens with zero attached hydrogens (tertiary/aromatic N) is 2. The molecular formula is C20H28N4O2. The number of carbonyl (C=O) groups is 2. The first-order valence-corrected chi connectivity index (χ1v) is 9.06. The van der Waals surface area contributed by atoms with Crippen LogP contribution in [0.5, 0.6) is 0 Å². The first kappa shape index (κ1) is 19.7. The molecular weight excluding hydrogens is 328 g/mol. The van der Waals surface area contributed by atoms with Gasteiger partial charge in [-0.05, 0) is 51.0 Å². The number of aromatic nitrogens is 2. The van der Waals surface area contributed by atoms with Crippen LogP contribution in [-0.4, -0.2) is 27.6 Å². The van der Waals surface area contributed by atoms with Gasteiger partial charge in [-0.25, -0.2) is 0 Å². The highest BCUT2D eigenvalue weighted by Gasteiger charge is 2.11. The van der Waals surface area contributed by atoms with Crippen LogP contribution in [0.3, 0.4) is 0 Å².